The molecule has 2 aromatic rings. The van der Waals surface area contributed by atoms with Gasteiger partial charge in [-0.1, -0.05) is 0 Å². The summed E-state index contributed by atoms with van der Waals surface area (Å²) in [5.41, 5.74) is 7.52. The summed E-state index contributed by atoms with van der Waals surface area (Å²) in [5.74, 6) is 0. The van der Waals surface area contributed by atoms with E-state index in [4.69, 9.17) is 5.73 Å². The molecule has 0 amide bonds. The fraction of sp³-hybridized carbons (Fsp3) is 0.308. The van der Waals surface area contributed by atoms with Crippen molar-refractivity contribution in [1.82, 2.24) is 4.98 Å². The van der Waals surface area contributed by atoms with Crippen molar-refractivity contribution in [1.29, 1.82) is 0 Å². The second-order valence-corrected chi connectivity index (χ2v) is 5.81. The number of aromatic nitrogens is 1. The highest BCUT2D eigenvalue weighted by molar-refractivity contribution is 7.11. The van der Waals surface area contributed by atoms with Crippen molar-refractivity contribution in [3.05, 3.63) is 43.9 Å². The number of anilines is 2. The van der Waals surface area contributed by atoms with Crippen LogP contribution in [0.5, 0.6) is 0 Å². The molecular formula is C13H16N4O2S. The van der Waals surface area contributed by atoms with E-state index < -0.39 is 4.92 Å². The summed E-state index contributed by atoms with van der Waals surface area (Å²) >= 11 is 1.64. The Balaban J connectivity index is 2.20. The fourth-order valence-electron chi connectivity index (χ4n) is 2.07. The van der Waals surface area contributed by atoms with Gasteiger partial charge < -0.3 is 11.1 Å². The summed E-state index contributed by atoms with van der Waals surface area (Å²) < 4.78 is 0. The van der Waals surface area contributed by atoms with Crippen molar-refractivity contribution in [2.45, 2.75) is 26.8 Å². The van der Waals surface area contributed by atoms with Crippen molar-refractivity contribution in [2.24, 2.45) is 0 Å². The highest BCUT2D eigenvalue weighted by Gasteiger charge is 2.15. The molecule has 0 radical (unpaired) electrons. The van der Waals surface area contributed by atoms with Crippen LogP contribution in [0.4, 0.5) is 17.1 Å². The van der Waals surface area contributed by atoms with E-state index in [1.54, 1.807) is 23.5 Å². The molecule has 0 spiro atoms. The second kappa shape index (κ2) is 5.46. The molecule has 0 saturated heterocycles. The van der Waals surface area contributed by atoms with Gasteiger partial charge in [-0.2, -0.15) is 0 Å². The van der Waals surface area contributed by atoms with Gasteiger partial charge in [0.1, 0.15) is 5.69 Å². The minimum absolute atomic E-state index is 0.0713. The zero-order chi connectivity index (χ0) is 14.9. The molecule has 1 heterocycles. The number of nitrogen functional groups attached to an aromatic ring is 1. The third-order valence-corrected chi connectivity index (χ3v) is 4.20. The third kappa shape index (κ3) is 2.88. The van der Waals surface area contributed by atoms with Gasteiger partial charge >= 0.3 is 0 Å². The largest absolute Gasteiger partial charge is 0.393 e. The molecule has 0 fully saturated rings. The van der Waals surface area contributed by atoms with E-state index in [1.165, 1.54) is 6.07 Å². The van der Waals surface area contributed by atoms with Gasteiger partial charge in [0.25, 0.3) is 5.69 Å². The van der Waals surface area contributed by atoms with Crippen LogP contribution in [0.25, 0.3) is 0 Å². The fourth-order valence-corrected chi connectivity index (χ4v) is 3.00. The number of rotatable bonds is 4. The molecule has 1 aromatic heterocycles. The Morgan fingerprint density at radius 1 is 1.45 bits per heavy atom. The first kappa shape index (κ1) is 14.3. The molecule has 106 valence electrons. The maximum Gasteiger partial charge on any atom is 0.292 e. The Bertz CT molecular complexity index is 654. The van der Waals surface area contributed by atoms with Crippen LogP contribution >= 0.6 is 11.3 Å². The summed E-state index contributed by atoms with van der Waals surface area (Å²) in [4.78, 5) is 15.8. The van der Waals surface area contributed by atoms with Gasteiger partial charge in [-0.05, 0) is 32.9 Å². The smallest absolute Gasteiger partial charge is 0.292 e. The minimum Gasteiger partial charge on any atom is -0.393 e. The van der Waals surface area contributed by atoms with Gasteiger partial charge in [-0.3, -0.25) is 10.1 Å². The Morgan fingerprint density at radius 2 is 2.15 bits per heavy atom. The molecular weight excluding hydrogens is 276 g/mol. The van der Waals surface area contributed by atoms with Gasteiger partial charge in [0.2, 0.25) is 0 Å². The van der Waals surface area contributed by atoms with Crippen molar-refractivity contribution in [3.8, 4) is 0 Å². The van der Waals surface area contributed by atoms with Crippen LogP contribution in [-0.4, -0.2) is 9.91 Å². The zero-order valence-corrected chi connectivity index (χ0v) is 12.3. The van der Waals surface area contributed by atoms with Crippen molar-refractivity contribution in [3.63, 3.8) is 0 Å². The first-order valence-electron chi connectivity index (χ1n) is 6.13. The minimum atomic E-state index is -0.487. The maximum absolute atomic E-state index is 10.7. The number of thiazole rings is 1. The number of aryl methyl sites for hydroxylation is 2. The first-order valence-corrected chi connectivity index (χ1v) is 6.94. The lowest BCUT2D eigenvalue weighted by Gasteiger charge is -2.14. The van der Waals surface area contributed by atoms with E-state index in [9.17, 15) is 10.1 Å². The van der Waals surface area contributed by atoms with E-state index >= 15 is 0 Å². The molecule has 2 rings (SSSR count). The Labute approximate surface area is 120 Å². The molecule has 1 atom stereocenters. The van der Waals surface area contributed by atoms with Gasteiger partial charge in [-0.25, -0.2) is 4.98 Å². The summed E-state index contributed by atoms with van der Waals surface area (Å²) in [6, 6.07) is 4.73. The van der Waals surface area contributed by atoms with E-state index in [2.05, 4.69) is 10.3 Å². The average molecular weight is 292 g/mol. The standard InChI is InChI=1S/C13H16N4O2S/c1-7-13(20-9(3)15-7)8(2)16-10-4-5-12(17(18)19)11(14)6-10/h4-6,8,16H,14H2,1-3H3. The van der Waals surface area contributed by atoms with Crippen molar-refractivity contribution >= 4 is 28.4 Å². The number of nitro groups is 1. The molecule has 0 saturated carbocycles. The Kier molecular flexibility index (Phi) is 3.89. The summed E-state index contributed by atoms with van der Waals surface area (Å²) in [5, 5.41) is 15.0. The van der Waals surface area contributed by atoms with E-state index in [0.29, 0.717) is 0 Å². The predicted octanol–water partition coefficient (Wildman–Crippen LogP) is 3.42. The van der Waals surface area contributed by atoms with Gasteiger partial charge in [0.05, 0.1) is 21.7 Å². The van der Waals surface area contributed by atoms with Crippen molar-refractivity contribution < 1.29 is 4.92 Å². The molecule has 1 unspecified atom stereocenters. The molecule has 3 N–H and O–H groups in total. The molecule has 20 heavy (non-hydrogen) atoms. The SMILES string of the molecule is Cc1nc(C)c(C(C)Nc2ccc([N+](=O)[O-])c(N)c2)s1. The molecule has 0 aliphatic heterocycles. The average Bonchev–Trinajstić information content (AvgIpc) is 2.68. The third-order valence-electron chi connectivity index (χ3n) is 2.94. The number of benzene rings is 1. The van der Waals surface area contributed by atoms with Crippen LogP contribution in [-0.2, 0) is 0 Å². The van der Waals surface area contributed by atoms with Crippen molar-refractivity contribution in [2.75, 3.05) is 11.1 Å². The quantitative estimate of drug-likeness (QED) is 0.511. The summed E-state index contributed by atoms with van der Waals surface area (Å²) in [6.07, 6.45) is 0. The van der Waals surface area contributed by atoms with Crippen LogP contribution in [0.3, 0.4) is 0 Å². The number of hydrogen-bond acceptors (Lipinski definition) is 6. The molecule has 7 heteroatoms. The lowest BCUT2D eigenvalue weighted by Crippen LogP contribution is -2.07. The van der Waals surface area contributed by atoms with E-state index in [0.717, 1.165) is 21.3 Å². The summed E-state index contributed by atoms with van der Waals surface area (Å²) in [6.45, 7) is 5.97. The monoisotopic (exact) mass is 292 g/mol. The predicted molar refractivity (Wildman–Crippen MR) is 81.1 cm³/mol. The maximum atomic E-state index is 10.7. The van der Waals surface area contributed by atoms with Crippen LogP contribution in [0.2, 0.25) is 0 Å². The topological polar surface area (TPSA) is 94.1 Å². The van der Waals surface area contributed by atoms with E-state index in [-0.39, 0.29) is 17.4 Å². The number of nitro benzene ring substituents is 1. The van der Waals surface area contributed by atoms with Crippen LogP contribution in [0, 0.1) is 24.0 Å². The molecule has 0 aliphatic rings. The second-order valence-electron chi connectivity index (χ2n) is 4.58. The zero-order valence-electron chi connectivity index (χ0n) is 11.5. The first-order chi connectivity index (χ1) is 9.38. The number of nitrogens with one attached hydrogen (secondary N) is 1. The molecule has 6 nitrogen and oxygen atoms in total. The van der Waals surface area contributed by atoms with Gasteiger partial charge in [-0.15, -0.1) is 11.3 Å². The highest BCUT2D eigenvalue weighted by Crippen LogP contribution is 2.30. The van der Waals surface area contributed by atoms with Gasteiger partial charge in [0.15, 0.2) is 0 Å². The number of nitrogens with two attached hydrogens (primary N) is 1. The lowest BCUT2D eigenvalue weighted by molar-refractivity contribution is -0.383. The Hall–Kier alpha value is -2.15. The van der Waals surface area contributed by atoms with Crippen LogP contribution < -0.4 is 11.1 Å². The summed E-state index contributed by atoms with van der Waals surface area (Å²) in [7, 11) is 0. The van der Waals surface area contributed by atoms with Gasteiger partial charge in [0, 0.05) is 16.6 Å². The molecule has 1 aromatic carbocycles. The number of hydrogen-bond donors (Lipinski definition) is 2. The van der Waals surface area contributed by atoms with Crippen LogP contribution in [0.1, 0.15) is 28.5 Å². The van der Waals surface area contributed by atoms with E-state index in [1.807, 2.05) is 20.8 Å². The normalized spacial score (nSPS) is 12.2. The number of nitrogens with zero attached hydrogens (tertiary/aromatic N) is 2. The molecule has 0 aliphatic carbocycles. The highest BCUT2D eigenvalue weighted by atomic mass is 32.1. The molecule has 0 bridgehead atoms. The van der Waals surface area contributed by atoms with Crippen LogP contribution in [0.15, 0.2) is 18.2 Å². The Morgan fingerprint density at radius 3 is 2.65 bits per heavy atom. The lowest BCUT2D eigenvalue weighted by atomic mass is 10.2.